The normalized spacial score (nSPS) is 14.4. The monoisotopic (exact) mass is 735 g/mol. The van der Waals surface area contributed by atoms with Gasteiger partial charge >= 0.3 is 41.9 Å². The van der Waals surface area contributed by atoms with E-state index in [0.717, 1.165) is 0 Å². The van der Waals surface area contributed by atoms with E-state index >= 15 is 0 Å². The van der Waals surface area contributed by atoms with Gasteiger partial charge in [0, 0.05) is 11.7 Å². The van der Waals surface area contributed by atoms with Crippen LogP contribution in [0.2, 0.25) is 13.1 Å². The number of hydrogen-bond donors (Lipinski definition) is 0. The van der Waals surface area contributed by atoms with Crippen LogP contribution in [-0.4, -0.2) is 11.5 Å². The number of para-hydroxylation sites is 1. The largest absolute Gasteiger partial charge is 1.00 e. The molecule has 1 unspecified atom stereocenters. The Kier molecular flexibility index (Phi) is 14.2. The minimum Gasteiger partial charge on any atom is -1.00 e. The molecule has 5 heteroatoms. The van der Waals surface area contributed by atoms with E-state index in [4.69, 9.17) is 0 Å². The topological polar surface area (TPSA) is 3.24 Å². The van der Waals surface area contributed by atoms with E-state index in [2.05, 4.69) is 179 Å². The zero-order valence-corrected chi connectivity index (χ0v) is 32.5. The average molecular weight is 738 g/mol. The summed E-state index contributed by atoms with van der Waals surface area (Å²) in [5.41, 5.74) is 11.8. The van der Waals surface area contributed by atoms with Gasteiger partial charge in [0.15, 0.2) is 0 Å². The van der Waals surface area contributed by atoms with Gasteiger partial charge in [0.2, 0.25) is 0 Å². The van der Waals surface area contributed by atoms with Gasteiger partial charge in [0.1, 0.15) is 0 Å². The van der Waals surface area contributed by atoms with Crippen LogP contribution in [0.3, 0.4) is 0 Å². The molecule has 1 atom stereocenters. The number of halogens is 2. The van der Waals surface area contributed by atoms with Crippen LogP contribution in [0.4, 0.5) is 5.69 Å². The van der Waals surface area contributed by atoms with E-state index in [0.29, 0.717) is 12.0 Å². The first-order valence-electron chi connectivity index (χ1n) is 15.5. The van der Waals surface area contributed by atoms with Gasteiger partial charge in [-0.2, -0.15) is 6.07 Å². The zero-order chi connectivity index (χ0) is 31.2. The summed E-state index contributed by atoms with van der Waals surface area (Å²) in [6.07, 6.45) is 8.11. The SMILES string of the molecule is CC(C)C1=[C-]C2=CC(C)N(c3ccccc3)C2=C1.C[Si](C)=[Zr+2].Cc1cc2c(-c3ccccc3)cc(-c3ccccc3)cc2[cH-]1.[Cl-].[Cl-]. The second kappa shape index (κ2) is 17.4. The number of fused-ring (bicyclic) bond motifs is 2. The second-order valence-electron chi connectivity index (χ2n) is 12.1. The molecule has 1 nitrogen and oxygen atoms in total. The first-order valence-corrected chi connectivity index (χ1v) is 21.7. The molecule has 5 aromatic rings. The summed E-state index contributed by atoms with van der Waals surface area (Å²) in [5.74, 6) is 0.539. The molecule has 1 heterocycles. The van der Waals surface area contributed by atoms with Crippen molar-refractivity contribution >= 4 is 21.9 Å². The van der Waals surface area contributed by atoms with Crippen molar-refractivity contribution in [2.24, 2.45) is 5.92 Å². The van der Waals surface area contributed by atoms with Crippen molar-refractivity contribution in [1.82, 2.24) is 0 Å². The van der Waals surface area contributed by atoms with E-state index in [1.54, 1.807) is 23.3 Å². The summed E-state index contributed by atoms with van der Waals surface area (Å²) in [7, 11) is 0. The third-order valence-electron chi connectivity index (χ3n) is 7.74. The molecule has 0 amide bonds. The molecule has 0 fully saturated rings. The quantitative estimate of drug-likeness (QED) is 0.184. The molecule has 0 saturated heterocycles. The third-order valence-corrected chi connectivity index (χ3v) is 7.74. The zero-order valence-electron chi connectivity index (χ0n) is 27.5. The molecule has 0 bridgehead atoms. The molecule has 46 heavy (non-hydrogen) atoms. The fraction of sp³-hybridized carbons (Fsp3) is 0.195. The Labute approximate surface area is 303 Å². The molecule has 0 N–H and O–H groups in total. The Morgan fingerprint density at radius 3 is 1.89 bits per heavy atom. The maximum absolute atomic E-state index is 3.53. The van der Waals surface area contributed by atoms with Crippen LogP contribution >= 0.6 is 0 Å². The summed E-state index contributed by atoms with van der Waals surface area (Å²) < 4.78 is 0. The molecule has 7 rings (SSSR count). The summed E-state index contributed by atoms with van der Waals surface area (Å²) in [6, 6.07) is 41.4. The van der Waals surface area contributed by atoms with E-state index in [1.165, 1.54) is 61.1 Å². The summed E-state index contributed by atoms with van der Waals surface area (Å²) >= 11 is 1.74. The fourth-order valence-electron chi connectivity index (χ4n) is 5.74. The van der Waals surface area contributed by atoms with Crippen LogP contribution in [0.25, 0.3) is 33.0 Å². The van der Waals surface area contributed by atoms with Crippen LogP contribution in [0, 0.1) is 18.9 Å². The van der Waals surface area contributed by atoms with Crippen molar-refractivity contribution in [3.63, 3.8) is 0 Å². The molecule has 0 spiro atoms. The number of benzene rings is 4. The fourth-order valence-corrected chi connectivity index (χ4v) is 5.74. The van der Waals surface area contributed by atoms with Crippen molar-refractivity contribution in [1.29, 1.82) is 0 Å². The molecule has 0 saturated carbocycles. The molecule has 2 aliphatic rings. The second-order valence-corrected chi connectivity index (χ2v) is 21.5. The van der Waals surface area contributed by atoms with Crippen molar-refractivity contribution in [3.05, 3.63) is 156 Å². The van der Waals surface area contributed by atoms with E-state index in [9.17, 15) is 0 Å². The van der Waals surface area contributed by atoms with Crippen molar-refractivity contribution in [2.75, 3.05) is 4.90 Å². The van der Waals surface area contributed by atoms with Crippen molar-refractivity contribution in [3.8, 4) is 22.3 Å². The molecular weight excluding hydrogens is 697 g/mol. The molecular formula is C41H41Cl2NSiZr-2. The minimum absolute atomic E-state index is 0. The van der Waals surface area contributed by atoms with Crippen molar-refractivity contribution < 1.29 is 48.1 Å². The first kappa shape index (κ1) is 37.6. The van der Waals surface area contributed by atoms with Gasteiger partial charge in [-0.3, -0.25) is 0 Å². The standard InChI is InChI=1S/C22H17.C17H18N.C2H6Si.2ClH.Zr/c1-16-12-20-14-19(17-8-4-2-5-9-17)15-22(21(20)13-16)18-10-6-3-7-11-18;1-12(2)14-10-15-9-13(3)18(17(15)11-14)16-7-5-4-6-8-16;1-3-2;;;/h2-15H,1H3;4-9,11-13H,1-3H3;1-2H3;2*1H;/q2*-1;;;;+2/p-2. The van der Waals surface area contributed by atoms with Crippen LogP contribution in [0.1, 0.15) is 26.3 Å². The Bertz CT molecular complexity index is 1830. The molecule has 234 valence electrons. The maximum atomic E-state index is 3.53. The Balaban J connectivity index is 0.000000219. The number of anilines is 1. The molecule has 1 aliphatic carbocycles. The molecule has 0 radical (unpaired) electrons. The molecule has 0 aromatic heterocycles. The first-order chi connectivity index (χ1) is 21.2. The van der Waals surface area contributed by atoms with Gasteiger partial charge in [-0.05, 0) is 36.1 Å². The number of nitrogens with zero attached hydrogens (tertiary/aromatic N) is 1. The predicted molar refractivity (Wildman–Crippen MR) is 189 cm³/mol. The number of hydrogen-bond acceptors (Lipinski definition) is 1. The number of rotatable bonds is 4. The van der Waals surface area contributed by atoms with Crippen LogP contribution in [-0.2, 0) is 23.3 Å². The predicted octanol–water partition coefficient (Wildman–Crippen LogP) is 5.10. The Hall–Kier alpha value is -2.81. The van der Waals surface area contributed by atoms with Gasteiger partial charge in [0.05, 0.1) is 0 Å². The van der Waals surface area contributed by atoms with Crippen LogP contribution < -0.4 is 29.7 Å². The summed E-state index contributed by atoms with van der Waals surface area (Å²) in [6.45, 7) is 13.5. The van der Waals surface area contributed by atoms with Crippen LogP contribution in [0.15, 0.2) is 144 Å². The minimum atomic E-state index is 0. The van der Waals surface area contributed by atoms with Gasteiger partial charge in [-0.15, -0.1) is 57.8 Å². The van der Waals surface area contributed by atoms with Crippen LogP contribution in [0.5, 0.6) is 0 Å². The molecule has 1 aliphatic heterocycles. The maximum Gasteiger partial charge on any atom is -0.0277 e. The van der Waals surface area contributed by atoms with Gasteiger partial charge < -0.3 is 29.7 Å². The Morgan fingerprint density at radius 2 is 1.33 bits per heavy atom. The smallest absolute Gasteiger partial charge is 0.0277 e. The third kappa shape index (κ3) is 9.17. The van der Waals surface area contributed by atoms with Crippen molar-refractivity contribution in [2.45, 2.75) is 46.8 Å². The van der Waals surface area contributed by atoms with E-state index < -0.39 is 0 Å². The number of allylic oxidation sites excluding steroid dienone is 3. The van der Waals surface area contributed by atoms with Gasteiger partial charge in [-0.1, -0.05) is 123 Å². The summed E-state index contributed by atoms with van der Waals surface area (Å²) in [5, 5.41) is 2.65. The molecule has 5 aromatic carbocycles. The Morgan fingerprint density at radius 1 is 0.783 bits per heavy atom. The number of aryl methyl sites for hydroxylation is 1. The van der Waals surface area contributed by atoms with Gasteiger partial charge in [0.25, 0.3) is 0 Å². The summed E-state index contributed by atoms with van der Waals surface area (Å²) in [4.78, 5) is 2.39. The van der Waals surface area contributed by atoms with E-state index in [-0.39, 0.29) is 30.2 Å². The average Bonchev–Trinajstić information content (AvgIpc) is 3.69. The van der Waals surface area contributed by atoms with E-state index in [1.807, 2.05) is 0 Å². The van der Waals surface area contributed by atoms with Gasteiger partial charge in [-0.25, -0.2) is 0 Å².